The van der Waals surface area contributed by atoms with E-state index in [-0.39, 0.29) is 23.0 Å². The summed E-state index contributed by atoms with van der Waals surface area (Å²) in [6.07, 6.45) is 0. The van der Waals surface area contributed by atoms with Crippen molar-refractivity contribution in [3.05, 3.63) is 212 Å². The second kappa shape index (κ2) is 14.4. The van der Waals surface area contributed by atoms with E-state index in [1.54, 1.807) is 0 Å². The lowest BCUT2D eigenvalue weighted by Gasteiger charge is -2.14. The molecule has 1 aromatic heterocycles. The maximum Gasteiger partial charge on any atom is 0.164 e. The normalized spacial score (nSPS) is 13.5. The van der Waals surface area contributed by atoms with Gasteiger partial charge in [0.1, 0.15) is 0 Å². The molecule has 0 bridgehead atoms. The fraction of sp³-hybridized carbons (Fsp3) is 0. The van der Waals surface area contributed by atoms with Crippen molar-refractivity contribution in [3.8, 4) is 78.7 Å². The summed E-state index contributed by atoms with van der Waals surface area (Å²) in [7, 11) is 0. The van der Waals surface area contributed by atoms with Gasteiger partial charge in [-0.3, -0.25) is 0 Å². The third-order valence-corrected chi connectivity index (χ3v) is 9.91. The first-order chi connectivity index (χ1) is 31.5. The highest BCUT2D eigenvalue weighted by molar-refractivity contribution is 6.05. The van der Waals surface area contributed by atoms with Gasteiger partial charge in [-0.05, 0) is 78.2 Å². The van der Waals surface area contributed by atoms with E-state index in [0.717, 1.165) is 54.9 Å². The zero-order chi connectivity index (χ0) is 45.1. The second-order valence-corrected chi connectivity index (χ2v) is 13.3. The first-order valence-corrected chi connectivity index (χ1v) is 18.2. The molecule has 0 aliphatic carbocycles. The lowest BCUT2D eigenvalue weighted by Crippen LogP contribution is -2.01. The lowest BCUT2D eigenvalue weighted by molar-refractivity contribution is 1.07. The zero-order valence-electron chi connectivity index (χ0n) is 38.9. The number of nitrogens with zero attached hydrogens (tertiary/aromatic N) is 3. The highest BCUT2D eigenvalue weighted by Crippen LogP contribution is 2.38. The van der Waals surface area contributed by atoms with Crippen LogP contribution in [0.1, 0.15) is 12.3 Å². The van der Waals surface area contributed by atoms with Crippen LogP contribution < -0.4 is 0 Å². The Bertz CT molecular complexity index is 3470. The van der Waals surface area contributed by atoms with E-state index in [4.69, 9.17) is 24.5 Å². The van der Waals surface area contributed by atoms with Crippen LogP contribution in [0, 0.1) is 0 Å². The standard InChI is InChI=1S/C53H35N3/c1-4-14-36(15-5-1)37-24-28-41(29-25-37)51-54-52(56-53(55-51)50-35-44-21-11-10-20-43(44)34-49(50)39-18-8-3-9-19-39)42-30-26-40(27-31-42)46-33-32-45(38-16-6-2-7-17-38)47-22-12-13-23-48(46)47/h1-35H/i1D,4D,5D,14D,15D,24D,25D,28D,29D. The van der Waals surface area contributed by atoms with Gasteiger partial charge in [0.15, 0.2) is 17.5 Å². The Morgan fingerprint density at radius 2 is 0.714 bits per heavy atom. The summed E-state index contributed by atoms with van der Waals surface area (Å²) in [6.45, 7) is 0. The van der Waals surface area contributed by atoms with Crippen molar-refractivity contribution < 1.29 is 12.3 Å². The number of rotatable bonds is 7. The van der Waals surface area contributed by atoms with Crippen molar-refractivity contribution in [2.45, 2.75) is 0 Å². The molecule has 0 radical (unpaired) electrons. The summed E-state index contributed by atoms with van der Waals surface area (Å²) in [4.78, 5) is 14.8. The molecule has 3 heteroatoms. The molecule has 262 valence electrons. The SMILES string of the molecule is [2H]c1c([2H])c([2H])c(-c2c([2H])c([2H])c(-c3nc(-c4ccc(-c5ccc(-c6ccccc6)c6ccccc56)cc4)nc(-c4cc5ccccc5cc4-c4ccccc4)n3)c([2H])c2[2H])c([2H])c1[2H]. The number of hydrogen-bond acceptors (Lipinski definition) is 3. The Balaban J connectivity index is 1.18. The molecule has 0 aliphatic heterocycles. The van der Waals surface area contributed by atoms with Crippen LogP contribution in [-0.2, 0) is 0 Å². The second-order valence-electron chi connectivity index (χ2n) is 13.3. The molecule has 10 rings (SSSR count). The van der Waals surface area contributed by atoms with Crippen molar-refractivity contribution in [3.63, 3.8) is 0 Å². The fourth-order valence-electron chi connectivity index (χ4n) is 7.16. The maximum absolute atomic E-state index is 9.30. The van der Waals surface area contributed by atoms with Gasteiger partial charge in [-0.15, -0.1) is 0 Å². The molecule has 0 saturated carbocycles. The van der Waals surface area contributed by atoms with Crippen LogP contribution in [0.4, 0.5) is 0 Å². The summed E-state index contributed by atoms with van der Waals surface area (Å²) < 4.78 is 78.6. The van der Waals surface area contributed by atoms with E-state index in [1.807, 2.05) is 115 Å². The molecular weight excluding hydrogens is 679 g/mol. The van der Waals surface area contributed by atoms with Crippen LogP contribution in [0.25, 0.3) is 100 Å². The molecule has 0 spiro atoms. The Morgan fingerprint density at radius 3 is 1.32 bits per heavy atom. The third-order valence-electron chi connectivity index (χ3n) is 9.91. The first kappa shape index (κ1) is 24.8. The highest BCUT2D eigenvalue weighted by Gasteiger charge is 2.18. The minimum atomic E-state index is -0.651. The minimum Gasteiger partial charge on any atom is -0.208 e. The minimum absolute atomic E-state index is 0.131. The Kier molecular flexibility index (Phi) is 6.36. The van der Waals surface area contributed by atoms with E-state index >= 15 is 0 Å². The smallest absolute Gasteiger partial charge is 0.164 e. The van der Waals surface area contributed by atoms with E-state index in [2.05, 4.69) is 42.5 Å². The molecule has 0 atom stereocenters. The van der Waals surface area contributed by atoms with Gasteiger partial charge in [-0.2, -0.15) is 0 Å². The van der Waals surface area contributed by atoms with E-state index in [1.165, 1.54) is 0 Å². The van der Waals surface area contributed by atoms with Crippen molar-refractivity contribution in [2.75, 3.05) is 0 Å². The molecule has 3 nitrogen and oxygen atoms in total. The van der Waals surface area contributed by atoms with Crippen molar-refractivity contribution in [1.82, 2.24) is 15.0 Å². The predicted octanol–water partition coefficient (Wildman–Crippen LogP) is 13.8. The summed E-state index contributed by atoms with van der Waals surface area (Å²) in [5, 5.41) is 4.13. The average molecular weight is 723 g/mol. The molecule has 0 N–H and O–H groups in total. The average Bonchev–Trinajstić information content (AvgIpc) is 3.35. The van der Waals surface area contributed by atoms with Crippen LogP contribution in [0.2, 0.25) is 0 Å². The lowest BCUT2D eigenvalue weighted by atomic mass is 9.92. The van der Waals surface area contributed by atoms with Gasteiger partial charge in [0.25, 0.3) is 0 Å². The summed E-state index contributed by atoms with van der Waals surface area (Å²) in [5.41, 5.74) is 6.15. The van der Waals surface area contributed by atoms with Gasteiger partial charge in [-0.25, -0.2) is 15.0 Å². The van der Waals surface area contributed by atoms with Gasteiger partial charge in [0, 0.05) is 16.7 Å². The fourth-order valence-corrected chi connectivity index (χ4v) is 7.16. The monoisotopic (exact) mass is 722 g/mol. The molecule has 0 aliphatic rings. The van der Waals surface area contributed by atoms with Gasteiger partial charge in [0.2, 0.25) is 0 Å². The molecular formula is C53H35N3. The summed E-state index contributed by atoms with van der Waals surface area (Å²) in [6, 6.07) is 47.0. The van der Waals surface area contributed by atoms with Gasteiger partial charge in [0.05, 0.1) is 12.3 Å². The Labute approximate surface area is 338 Å². The number of fused-ring (bicyclic) bond motifs is 2. The quantitative estimate of drug-likeness (QED) is 0.164. The van der Waals surface area contributed by atoms with Crippen LogP contribution in [0.3, 0.4) is 0 Å². The molecule has 0 saturated heterocycles. The number of aromatic nitrogens is 3. The maximum atomic E-state index is 9.30. The summed E-state index contributed by atoms with van der Waals surface area (Å²) in [5.74, 6) is 0.320. The Hall–Kier alpha value is -7.49. The molecule has 0 amide bonds. The molecule has 10 aromatic rings. The van der Waals surface area contributed by atoms with Gasteiger partial charge >= 0.3 is 0 Å². The van der Waals surface area contributed by atoms with E-state index in [0.29, 0.717) is 11.1 Å². The van der Waals surface area contributed by atoms with E-state index in [9.17, 15) is 2.74 Å². The van der Waals surface area contributed by atoms with Crippen LogP contribution in [0.15, 0.2) is 212 Å². The third kappa shape index (κ3) is 6.31. The van der Waals surface area contributed by atoms with Crippen molar-refractivity contribution >= 4 is 21.5 Å². The topological polar surface area (TPSA) is 38.7 Å². The van der Waals surface area contributed by atoms with Crippen LogP contribution in [0.5, 0.6) is 0 Å². The molecule has 56 heavy (non-hydrogen) atoms. The number of hydrogen-bond donors (Lipinski definition) is 0. The molecule has 0 unspecified atom stereocenters. The van der Waals surface area contributed by atoms with Gasteiger partial charge < -0.3 is 0 Å². The van der Waals surface area contributed by atoms with Crippen molar-refractivity contribution in [2.24, 2.45) is 0 Å². The Morgan fingerprint density at radius 1 is 0.286 bits per heavy atom. The molecule has 0 fully saturated rings. The number of benzene rings is 9. The predicted molar refractivity (Wildman–Crippen MR) is 233 cm³/mol. The highest BCUT2D eigenvalue weighted by atomic mass is 15.0. The first-order valence-electron chi connectivity index (χ1n) is 22.7. The zero-order valence-corrected chi connectivity index (χ0v) is 29.9. The van der Waals surface area contributed by atoms with Crippen molar-refractivity contribution in [1.29, 1.82) is 0 Å². The molecule has 9 aromatic carbocycles. The summed E-state index contributed by atoms with van der Waals surface area (Å²) >= 11 is 0. The van der Waals surface area contributed by atoms with E-state index < -0.39 is 65.5 Å². The molecule has 1 heterocycles. The largest absolute Gasteiger partial charge is 0.208 e. The van der Waals surface area contributed by atoms with Gasteiger partial charge in [-0.1, -0.05) is 200 Å². The van der Waals surface area contributed by atoms with Crippen LogP contribution >= 0.6 is 0 Å². The van der Waals surface area contributed by atoms with Crippen LogP contribution in [-0.4, -0.2) is 15.0 Å².